The van der Waals surface area contributed by atoms with E-state index in [2.05, 4.69) is 41.5 Å². The van der Waals surface area contributed by atoms with E-state index in [9.17, 15) is 13.2 Å². The van der Waals surface area contributed by atoms with Gasteiger partial charge in [-0.15, -0.1) is 0 Å². The lowest BCUT2D eigenvalue weighted by Crippen LogP contribution is -2.55. The van der Waals surface area contributed by atoms with E-state index in [1.54, 1.807) is 22.9 Å². The van der Waals surface area contributed by atoms with Crippen LogP contribution >= 0.6 is 15.9 Å². The fraction of sp³-hybridized carbons (Fsp3) is 0.478. The van der Waals surface area contributed by atoms with Crippen molar-refractivity contribution in [3.8, 4) is 0 Å². The smallest absolute Gasteiger partial charge is 0.266 e. The number of fused-ring (bicyclic) bond motifs is 1. The Bertz CT molecular complexity index is 1400. The minimum atomic E-state index is -3.64. The van der Waals surface area contributed by atoms with Gasteiger partial charge < -0.3 is 10.6 Å². The Hall–Kier alpha value is -2.41. The molecule has 0 bridgehead atoms. The summed E-state index contributed by atoms with van der Waals surface area (Å²) in [7, 11) is -3.64. The minimum Gasteiger partial charge on any atom is -0.309 e. The number of aromatic nitrogens is 4. The molecule has 0 spiro atoms. The van der Waals surface area contributed by atoms with Crippen LogP contribution in [-0.2, 0) is 10.0 Å². The van der Waals surface area contributed by atoms with Gasteiger partial charge in [-0.05, 0) is 60.8 Å². The largest absolute Gasteiger partial charge is 0.309 e. The SMILES string of the molecule is CC1CN(S(=O)(=O)c2ccc(Nc3ncc4cc(Br)c(=O)n(C5CCCC5)c4n3)nc2)CC(C)N1. The molecule has 2 atom stereocenters. The second-order valence-electron chi connectivity index (χ2n) is 9.37. The Morgan fingerprint density at radius 2 is 1.80 bits per heavy atom. The lowest BCUT2D eigenvalue weighted by Gasteiger charge is -2.35. The summed E-state index contributed by atoms with van der Waals surface area (Å²) in [5.41, 5.74) is 0.474. The molecule has 186 valence electrons. The maximum atomic E-state index is 13.1. The van der Waals surface area contributed by atoms with Crippen molar-refractivity contribution >= 4 is 48.8 Å². The molecule has 2 N–H and O–H groups in total. The molecule has 10 nitrogen and oxygen atoms in total. The molecule has 1 saturated carbocycles. The second kappa shape index (κ2) is 9.57. The summed E-state index contributed by atoms with van der Waals surface area (Å²) in [4.78, 5) is 26.3. The number of hydrogen-bond acceptors (Lipinski definition) is 8. The van der Waals surface area contributed by atoms with Crippen LogP contribution in [-0.4, -0.2) is 57.4 Å². The summed E-state index contributed by atoms with van der Waals surface area (Å²) >= 11 is 3.37. The van der Waals surface area contributed by atoms with Gasteiger partial charge in [0.25, 0.3) is 5.56 Å². The Labute approximate surface area is 212 Å². The van der Waals surface area contributed by atoms with Gasteiger partial charge in [-0.2, -0.15) is 9.29 Å². The van der Waals surface area contributed by atoms with Crippen LogP contribution in [0.4, 0.5) is 11.8 Å². The molecule has 12 heteroatoms. The van der Waals surface area contributed by atoms with E-state index >= 15 is 0 Å². The standard InChI is InChI=1S/C23H28BrN7O3S/c1-14-12-30(13-15(2)27-14)35(33,34)18-7-8-20(25-11-18)28-23-26-10-16-9-19(24)22(32)31(21(16)29-23)17-5-3-4-6-17/h7-11,14-15,17,27H,3-6,12-13H2,1-2H3,(H,25,26,28,29). The van der Waals surface area contributed by atoms with Crippen LogP contribution in [0.1, 0.15) is 45.6 Å². The highest BCUT2D eigenvalue weighted by molar-refractivity contribution is 9.10. The minimum absolute atomic E-state index is 0.0785. The number of hydrogen-bond donors (Lipinski definition) is 2. The number of nitrogens with one attached hydrogen (secondary N) is 2. The summed E-state index contributed by atoms with van der Waals surface area (Å²) in [5, 5.41) is 7.15. The summed E-state index contributed by atoms with van der Waals surface area (Å²) < 4.78 is 29.9. The van der Waals surface area contributed by atoms with Crippen LogP contribution in [0.5, 0.6) is 0 Å². The first-order chi connectivity index (χ1) is 16.7. The Kier molecular flexibility index (Phi) is 6.64. The van der Waals surface area contributed by atoms with E-state index in [0.717, 1.165) is 31.1 Å². The zero-order chi connectivity index (χ0) is 24.7. The highest BCUT2D eigenvalue weighted by Gasteiger charge is 2.31. The lowest BCUT2D eigenvalue weighted by atomic mass is 10.2. The molecule has 1 aliphatic heterocycles. The monoisotopic (exact) mass is 561 g/mol. The van der Waals surface area contributed by atoms with Crippen molar-refractivity contribution in [1.82, 2.24) is 29.1 Å². The van der Waals surface area contributed by atoms with E-state index in [4.69, 9.17) is 0 Å². The van der Waals surface area contributed by atoms with Crippen molar-refractivity contribution in [3.05, 3.63) is 45.4 Å². The van der Waals surface area contributed by atoms with E-state index in [0.29, 0.717) is 35.0 Å². The summed E-state index contributed by atoms with van der Waals surface area (Å²) in [5.74, 6) is 0.705. The molecule has 1 aliphatic carbocycles. The van der Waals surface area contributed by atoms with E-state index in [1.165, 1.54) is 16.6 Å². The van der Waals surface area contributed by atoms with Crippen molar-refractivity contribution < 1.29 is 8.42 Å². The molecule has 35 heavy (non-hydrogen) atoms. The molecule has 3 aromatic rings. The quantitative estimate of drug-likeness (QED) is 0.487. The molecule has 1 saturated heterocycles. The number of pyridine rings is 2. The third-order valence-electron chi connectivity index (χ3n) is 6.56. The first-order valence-electron chi connectivity index (χ1n) is 11.8. The van der Waals surface area contributed by atoms with Crippen LogP contribution in [0.3, 0.4) is 0 Å². The number of sulfonamides is 1. The fourth-order valence-electron chi connectivity index (χ4n) is 4.99. The van der Waals surface area contributed by atoms with Crippen molar-refractivity contribution in [2.45, 2.75) is 62.6 Å². The highest BCUT2D eigenvalue weighted by Crippen LogP contribution is 2.31. The van der Waals surface area contributed by atoms with Crippen LogP contribution in [0.25, 0.3) is 11.0 Å². The number of rotatable bonds is 5. The maximum absolute atomic E-state index is 13.1. The molecule has 2 fully saturated rings. The Balaban J connectivity index is 1.41. The Morgan fingerprint density at radius 1 is 1.09 bits per heavy atom. The van der Waals surface area contributed by atoms with Crippen LogP contribution in [0.2, 0.25) is 0 Å². The first kappa shape index (κ1) is 24.3. The van der Waals surface area contributed by atoms with E-state index in [1.807, 2.05) is 13.8 Å². The van der Waals surface area contributed by atoms with Crippen molar-refractivity contribution in [3.63, 3.8) is 0 Å². The van der Waals surface area contributed by atoms with Gasteiger partial charge >= 0.3 is 0 Å². The zero-order valence-electron chi connectivity index (χ0n) is 19.6. The molecule has 2 unspecified atom stereocenters. The van der Waals surface area contributed by atoms with Gasteiger partial charge in [0, 0.05) is 49.0 Å². The van der Waals surface area contributed by atoms with Gasteiger partial charge in [0.1, 0.15) is 16.4 Å². The predicted molar refractivity (Wildman–Crippen MR) is 137 cm³/mol. The third-order valence-corrected chi connectivity index (χ3v) is 8.94. The topological polar surface area (TPSA) is 122 Å². The highest BCUT2D eigenvalue weighted by atomic mass is 79.9. The molecule has 0 aromatic carbocycles. The van der Waals surface area contributed by atoms with Crippen LogP contribution in [0, 0.1) is 0 Å². The average molecular weight is 562 g/mol. The average Bonchev–Trinajstić information content (AvgIpc) is 3.34. The lowest BCUT2D eigenvalue weighted by molar-refractivity contribution is 0.263. The summed E-state index contributed by atoms with van der Waals surface area (Å²) in [6.07, 6.45) is 7.09. The van der Waals surface area contributed by atoms with Gasteiger partial charge in [-0.3, -0.25) is 9.36 Å². The predicted octanol–water partition coefficient (Wildman–Crippen LogP) is 3.18. The maximum Gasteiger partial charge on any atom is 0.266 e. The van der Waals surface area contributed by atoms with Gasteiger partial charge in [0.15, 0.2) is 0 Å². The number of halogens is 1. The van der Waals surface area contributed by atoms with Gasteiger partial charge in [0.2, 0.25) is 16.0 Å². The molecule has 3 aromatic heterocycles. The van der Waals surface area contributed by atoms with Crippen LogP contribution < -0.4 is 16.2 Å². The molecule has 5 rings (SSSR count). The molecular weight excluding hydrogens is 534 g/mol. The van der Waals surface area contributed by atoms with Crippen molar-refractivity contribution in [2.24, 2.45) is 0 Å². The second-order valence-corrected chi connectivity index (χ2v) is 12.2. The molecule has 0 amide bonds. The molecular formula is C23H28BrN7O3S. The number of anilines is 2. The number of nitrogens with zero attached hydrogens (tertiary/aromatic N) is 5. The zero-order valence-corrected chi connectivity index (χ0v) is 22.0. The fourth-order valence-corrected chi connectivity index (χ4v) is 6.99. The third kappa shape index (κ3) is 4.84. The number of piperazine rings is 1. The van der Waals surface area contributed by atoms with Gasteiger partial charge in [-0.25, -0.2) is 18.4 Å². The molecule has 2 aliphatic rings. The normalized spacial score (nSPS) is 22.0. The van der Waals surface area contributed by atoms with Gasteiger partial charge in [0.05, 0.1) is 4.47 Å². The summed E-state index contributed by atoms with van der Waals surface area (Å²) in [6, 6.07) is 5.14. The van der Waals surface area contributed by atoms with Crippen LogP contribution in [0.15, 0.2) is 44.8 Å². The summed E-state index contributed by atoms with van der Waals surface area (Å²) in [6.45, 7) is 4.77. The van der Waals surface area contributed by atoms with E-state index < -0.39 is 10.0 Å². The van der Waals surface area contributed by atoms with Crippen molar-refractivity contribution in [2.75, 3.05) is 18.4 Å². The van der Waals surface area contributed by atoms with Gasteiger partial charge in [-0.1, -0.05) is 12.8 Å². The van der Waals surface area contributed by atoms with E-state index in [-0.39, 0.29) is 28.6 Å². The molecule has 0 radical (unpaired) electrons. The van der Waals surface area contributed by atoms with Crippen molar-refractivity contribution in [1.29, 1.82) is 0 Å². The first-order valence-corrected chi connectivity index (χ1v) is 14.0. The molecule has 4 heterocycles. The Morgan fingerprint density at radius 3 is 2.46 bits per heavy atom.